The van der Waals surface area contributed by atoms with E-state index in [4.69, 9.17) is 10.2 Å². The fraction of sp³-hybridized carbons (Fsp3) is 0.391. The highest BCUT2D eigenvalue weighted by molar-refractivity contribution is 7.99. The fourth-order valence-electron chi connectivity index (χ4n) is 3.93. The molecular weight excluding hydrogens is 428 g/mol. The third-order valence-electron chi connectivity index (χ3n) is 5.46. The van der Waals surface area contributed by atoms with Gasteiger partial charge in [-0.25, -0.2) is 4.98 Å². The molecule has 4 rings (SSSR count). The summed E-state index contributed by atoms with van der Waals surface area (Å²) in [5.74, 6) is -0.0340. The Kier molecular flexibility index (Phi) is 6.73. The summed E-state index contributed by atoms with van der Waals surface area (Å²) in [5.41, 5.74) is 2.89. The standard InChI is InChI=1S/C23H24N4O2S2/c1-15-8-5-6-10-17(15)27-22(29)20-16-9-3-2-4-11-18(16)31-21(20)26-23(27)30-14-19(28)25-13-7-12-24/h5-6,8,10H,2-4,7,9,11,13-14H2,1H3,(H,25,28). The number of hydrogen-bond acceptors (Lipinski definition) is 6. The number of nitriles is 1. The number of para-hydroxylation sites is 1. The van der Waals surface area contributed by atoms with E-state index in [1.165, 1.54) is 28.6 Å². The molecule has 0 spiro atoms. The number of amides is 1. The Morgan fingerprint density at radius 1 is 1.29 bits per heavy atom. The zero-order chi connectivity index (χ0) is 21.8. The second-order valence-electron chi connectivity index (χ2n) is 7.61. The topological polar surface area (TPSA) is 87.8 Å². The van der Waals surface area contributed by atoms with Gasteiger partial charge >= 0.3 is 0 Å². The lowest BCUT2D eigenvalue weighted by molar-refractivity contribution is -0.118. The number of fused-ring (bicyclic) bond motifs is 3. The lowest BCUT2D eigenvalue weighted by Gasteiger charge is -2.14. The molecule has 8 heteroatoms. The van der Waals surface area contributed by atoms with Crippen LogP contribution < -0.4 is 10.9 Å². The van der Waals surface area contributed by atoms with Gasteiger partial charge in [-0.1, -0.05) is 36.4 Å². The van der Waals surface area contributed by atoms with Crippen LogP contribution >= 0.6 is 23.1 Å². The van der Waals surface area contributed by atoms with E-state index in [1.54, 1.807) is 15.9 Å². The van der Waals surface area contributed by atoms with Crippen LogP contribution in [0, 0.1) is 18.3 Å². The zero-order valence-electron chi connectivity index (χ0n) is 17.4. The highest BCUT2D eigenvalue weighted by atomic mass is 32.2. The summed E-state index contributed by atoms with van der Waals surface area (Å²) in [6.07, 6.45) is 5.64. The van der Waals surface area contributed by atoms with Crippen molar-refractivity contribution >= 4 is 39.2 Å². The molecule has 31 heavy (non-hydrogen) atoms. The summed E-state index contributed by atoms with van der Waals surface area (Å²) in [6, 6.07) is 9.77. The SMILES string of the molecule is Cc1ccccc1-n1c(SCC(=O)NCCC#N)nc2sc3c(c2c1=O)CCCCC3. The first-order chi connectivity index (χ1) is 15.1. The maximum absolute atomic E-state index is 13.8. The van der Waals surface area contributed by atoms with E-state index in [1.807, 2.05) is 37.3 Å². The molecule has 6 nitrogen and oxygen atoms in total. The summed E-state index contributed by atoms with van der Waals surface area (Å²) < 4.78 is 1.67. The molecule has 160 valence electrons. The molecule has 2 heterocycles. The number of thioether (sulfide) groups is 1. The minimum Gasteiger partial charge on any atom is -0.354 e. The number of thiophene rings is 1. The molecule has 0 bridgehead atoms. The lowest BCUT2D eigenvalue weighted by Crippen LogP contribution is -2.27. The Bertz CT molecular complexity index is 1220. The molecule has 1 aliphatic carbocycles. The number of rotatable bonds is 6. The molecule has 0 aliphatic heterocycles. The number of benzene rings is 1. The van der Waals surface area contributed by atoms with Crippen molar-refractivity contribution in [1.29, 1.82) is 5.26 Å². The van der Waals surface area contributed by atoms with Crippen molar-refractivity contribution in [2.24, 2.45) is 0 Å². The normalized spacial score (nSPS) is 13.4. The van der Waals surface area contributed by atoms with Crippen molar-refractivity contribution in [3.05, 3.63) is 50.6 Å². The van der Waals surface area contributed by atoms with Crippen molar-refractivity contribution in [3.63, 3.8) is 0 Å². The number of aromatic nitrogens is 2. The van der Waals surface area contributed by atoms with Gasteiger partial charge in [0.15, 0.2) is 5.16 Å². The predicted octanol–water partition coefficient (Wildman–Crippen LogP) is 4.15. The third kappa shape index (κ3) is 4.53. The summed E-state index contributed by atoms with van der Waals surface area (Å²) in [4.78, 5) is 32.9. The van der Waals surface area contributed by atoms with Gasteiger partial charge < -0.3 is 5.32 Å². The summed E-state index contributed by atoms with van der Waals surface area (Å²) >= 11 is 2.89. The van der Waals surface area contributed by atoms with Gasteiger partial charge in [-0.15, -0.1) is 11.3 Å². The summed E-state index contributed by atoms with van der Waals surface area (Å²) in [7, 11) is 0. The molecule has 0 saturated heterocycles. The Morgan fingerprint density at radius 2 is 2.10 bits per heavy atom. The molecule has 1 amide bonds. The predicted molar refractivity (Wildman–Crippen MR) is 125 cm³/mol. The summed E-state index contributed by atoms with van der Waals surface area (Å²) in [5, 5.41) is 12.6. The Morgan fingerprint density at radius 3 is 2.90 bits per heavy atom. The van der Waals surface area contributed by atoms with Crippen LogP contribution in [0.3, 0.4) is 0 Å². The molecule has 1 aromatic carbocycles. The molecule has 3 aromatic rings. The van der Waals surface area contributed by atoms with Gasteiger partial charge in [0.05, 0.1) is 29.3 Å². The zero-order valence-corrected chi connectivity index (χ0v) is 19.1. The third-order valence-corrected chi connectivity index (χ3v) is 7.58. The van der Waals surface area contributed by atoms with Crippen molar-refractivity contribution in [2.45, 2.75) is 50.6 Å². The molecular formula is C23H24N4O2S2. The molecule has 0 atom stereocenters. The first-order valence-electron chi connectivity index (χ1n) is 10.5. The van der Waals surface area contributed by atoms with E-state index >= 15 is 0 Å². The average molecular weight is 453 g/mol. The maximum atomic E-state index is 13.8. The van der Waals surface area contributed by atoms with Crippen LogP contribution in [-0.2, 0) is 17.6 Å². The quantitative estimate of drug-likeness (QED) is 0.263. The maximum Gasteiger partial charge on any atom is 0.267 e. The molecule has 1 N–H and O–H groups in total. The highest BCUT2D eigenvalue weighted by Crippen LogP contribution is 2.34. The Hall–Kier alpha value is -2.63. The molecule has 0 fully saturated rings. The van der Waals surface area contributed by atoms with Crippen LogP contribution in [0.15, 0.2) is 34.2 Å². The second-order valence-corrected chi connectivity index (χ2v) is 9.64. The van der Waals surface area contributed by atoms with E-state index in [0.717, 1.165) is 47.2 Å². The first kappa shape index (κ1) is 21.6. The Balaban J connectivity index is 1.80. The second kappa shape index (κ2) is 9.67. The first-order valence-corrected chi connectivity index (χ1v) is 12.3. The molecule has 0 saturated carbocycles. The van der Waals surface area contributed by atoms with E-state index in [0.29, 0.717) is 11.7 Å². The van der Waals surface area contributed by atoms with E-state index < -0.39 is 0 Å². The van der Waals surface area contributed by atoms with Crippen molar-refractivity contribution in [2.75, 3.05) is 12.3 Å². The highest BCUT2D eigenvalue weighted by Gasteiger charge is 2.23. The largest absolute Gasteiger partial charge is 0.354 e. The van der Waals surface area contributed by atoms with Crippen molar-refractivity contribution in [1.82, 2.24) is 14.9 Å². The number of nitrogens with zero attached hydrogens (tertiary/aromatic N) is 3. The van der Waals surface area contributed by atoms with Crippen LogP contribution in [0.4, 0.5) is 0 Å². The number of aryl methyl sites for hydroxylation is 3. The molecule has 0 unspecified atom stereocenters. The van der Waals surface area contributed by atoms with Gasteiger partial charge in [0, 0.05) is 11.4 Å². The summed E-state index contributed by atoms with van der Waals surface area (Å²) in [6.45, 7) is 2.30. The number of nitrogens with one attached hydrogen (secondary N) is 1. The van der Waals surface area contributed by atoms with Crippen LogP contribution in [0.1, 0.15) is 41.7 Å². The van der Waals surface area contributed by atoms with E-state index in [9.17, 15) is 9.59 Å². The van der Waals surface area contributed by atoms with Gasteiger partial charge in [0.2, 0.25) is 5.91 Å². The smallest absolute Gasteiger partial charge is 0.267 e. The molecule has 1 aliphatic rings. The molecule has 0 radical (unpaired) electrons. The monoisotopic (exact) mass is 452 g/mol. The van der Waals surface area contributed by atoms with Gasteiger partial charge in [-0.05, 0) is 49.8 Å². The average Bonchev–Trinajstić information content (AvgIpc) is 2.94. The van der Waals surface area contributed by atoms with Crippen LogP contribution in [0.2, 0.25) is 0 Å². The van der Waals surface area contributed by atoms with Gasteiger partial charge in [0.25, 0.3) is 5.56 Å². The number of carbonyl (C=O) groups is 1. The minimum atomic E-state index is -0.173. The number of hydrogen-bond donors (Lipinski definition) is 1. The fourth-order valence-corrected chi connectivity index (χ4v) is 6.06. The van der Waals surface area contributed by atoms with Crippen molar-refractivity contribution in [3.8, 4) is 11.8 Å². The van der Waals surface area contributed by atoms with Crippen LogP contribution in [-0.4, -0.2) is 27.8 Å². The van der Waals surface area contributed by atoms with Gasteiger partial charge in [0.1, 0.15) is 4.83 Å². The molecule has 2 aromatic heterocycles. The van der Waals surface area contributed by atoms with Crippen LogP contribution in [0.5, 0.6) is 0 Å². The number of carbonyl (C=O) groups excluding carboxylic acids is 1. The van der Waals surface area contributed by atoms with Gasteiger partial charge in [-0.3, -0.25) is 14.2 Å². The lowest BCUT2D eigenvalue weighted by atomic mass is 10.1. The van der Waals surface area contributed by atoms with E-state index in [-0.39, 0.29) is 23.6 Å². The minimum absolute atomic E-state index is 0.0499. The van der Waals surface area contributed by atoms with Gasteiger partial charge in [-0.2, -0.15) is 5.26 Å². The Labute approximate surface area is 189 Å². The van der Waals surface area contributed by atoms with Crippen molar-refractivity contribution < 1.29 is 4.79 Å². The van der Waals surface area contributed by atoms with Crippen LogP contribution in [0.25, 0.3) is 15.9 Å². The van der Waals surface area contributed by atoms with E-state index in [2.05, 4.69) is 5.32 Å².